The highest BCUT2D eigenvalue weighted by molar-refractivity contribution is 9.10. The van der Waals surface area contributed by atoms with Crippen molar-refractivity contribution in [1.82, 2.24) is 0 Å². The Morgan fingerprint density at radius 1 is 1.53 bits per heavy atom. The van der Waals surface area contributed by atoms with Gasteiger partial charge >= 0.3 is 0 Å². The number of amides is 1. The molecule has 2 N–H and O–H groups in total. The lowest BCUT2D eigenvalue weighted by Crippen LogP contribution is -2.36. The van der Waals surface area contributed by atoms with Crippen LogP contribution in [0.2, 0.25) is 5.02 Å². The number of carbonyl (C=O) groups excluding carboxylic acids is 1. The van der Waals surface area contributed by atoms with Crippen LogP contribution in [0.15, 0.2) is 22.7 Å². The zero-order valence-electron chi connectivity index (χ0n) is 8.34. The van der Waals surface area contributed by atoms with Crippen LogP contribution in [0.1, 0.15) is 13.8 Å². The van der Waals surface area contributed by atoms with E-state index in [-0.39, 0.29) is 0 Å². The molecule has 3 nitrogen and oxygen atoms in total. The van der Waals surface area contributed by atoms with Gasteiger partial charge in [-0.3, -0.25) is 4.79 Å². The van der Waals surface area contributed by atoms with Gasteiger partial charge in [0.1, 0.15) is 5.60 Å². The number of benzene rings is 1. The van der Waals surface area contributed by atoms with Crippen molar-refractivity contribution in [2.75, 3.05) is 5.32 Å². The summed E-state index contributed by atoms with van der Waals surface area (Å²) in [5, 5.41) is 12.6. The van der Waals surface area contributed by atoms with Crippen molar-refractivity contribution in [2.24, 2.45) is 0 Å². The number of halogens is 2. The SMILES string of the molecule is CC(C)(O)C(=O)Nc1ccc(Cl)cc1Br. The van der Waals surface area contributed by atoms with Gasteiger partial charge in [-0.05, 0) is 48.0 Å². The summed E-state index contributed by atoms with van der Waals surface area (Å²) in [5.74, 6) is -0.467. The molecule has 0 saturated heterocycles. The lowest BCUT2D eigenvalue weighted by atomic mass is 10.1. The summed E-state index contributed by atoms with van der Waals surface area (Å²) in [6, 6.07) is 4.99. The predicted octanol–water partition coefficient (Wildman–Crippen LogP) is 2.81. The first-order chi connectivity index (χ1) is 6.80. The highest BCUT2D eigenvalue weighted by atomic mass is 79.9. The smallest absolute Gasteiger partial charge is 0.255 e. The maximum Gasteiger partial charge on any atom is 0.255 e. The van der Waals surface area contributed by atoms with Gasteiger partial charge in [0, 0.05) is 9.50 Å². The first-order valence-electron chi connectivity index (χ1n) is 4.29. The third kappa shape index (κ3) is 3.48. The number of aliphatic hydroxyl groups is 1. The summed E-state index contributed by atoms with van der Waals surface area (Å²) in [6.45, 7) is 2.85. The summed E-state index contributed by atoms with van der Waals surface area (Å²) in [7, 11) is 0. The van der Waals surface area contributed by atoms with E-state index in [1.807, 2.05) is 0 Å². The molecule has 0 heterocycles. The average molecular weight is 293 g/mol. The Morgan fingerprint density at radius 2 is 2.13 bits per heavy atom. The summed E-state index contributed by atoms with van der Waals surface area (Å²) in [5.41, 5.74) is -0.828. The Balaban J connectivity index is 2.87. The minimum absolute atomic E-state index is 0.467. The molecule has 0 radical (unpaired) electrons. The molecule has 0 aliphatic carbocycles. The standard InChI is InChI=1S/C10H11BrClNO2/c1-10(2,15)9(14)13-8-4-3-6(12)5-7(8)11/h3-5,15H,1-2H3,(H,13,14). The average Bonchev–Trinajstić information content (AvgIpc) is 2.08. The zero-order chi connectivity index (χ0) is 11.6. The molecule has 0 fully saturated rings. The van der Waals surface area contributed by atoms with Gasteiger partial charge in [-0.15, -0.1) is 0 Å². The molecular formula is C10H11BrClNO2. The van der Waals surface area contributed by atoms with Gasteiger partial charge in [0.15, 0.2) is 0 Å². The van der Waals surface area contributed by atoms with Crippen LogP contribution in [0.3, 0.4) is 0 Å². The lowest BCUT2D eigenvalue weighted by Gasteiger charge is -2.17. The molecule has 0 spiro atoms. The lowest BCUT2D eigenvalue weighted by molar-refractivity contribution is -0.130. The summed E-state index contributed by atoms with van der Waals surface area (Å²) >= 11 is 9.01. The normalized spacial score (nSPS) is 11.3. The van der Waals surface area contributed by atoms with Gasteiger partial charge < -0.3 is 10.4 Å². The summed E-state index contributed by atoms with van der Waals surface area (Å²) in [4.78, 5) is 11.5. The van der Waals surface area contributed by atoms with Crippen LogP contribution >= 0.6 is 27.5 Å². The Hall–Kier alpha value is -0.580. The fraction of sp³-hybridized carbons (Fsp3) is 0.300. The van der Waals surface area contributed by atoms with Crippen molar-refractivity contribution in [1.29, 1.82) is 0 Å². The monoisotopic (exact) mass is 291 g/mol. The first-order valence-corrected chi connectivity index (χ1v) is 5.46. The minimum Gasteiger partial charge on any atom is -0.381 e. The Labute approximate surface area is 102 Å². The van der Waals surface area contributed by atoms with Gasteiger partial charge in [-0.25, -0.2) is 0 Å². The number of hydrogen-bond acceptors (Lipinski definition) is 2. The summed E-state index contributed by atoms with van der Waals surface area (Å²) < 4.78 is 0.674. The number of nitrogens with one attached hydrogen (secondary N) is 1. The van der Waals surface area contributed by atoms with Gasteiger partial charge in [-0.2, -0.15) is 0 Å². The molecule has 1 amide bonds. The van der Waals surface area contributed by atoms with Gasteiger partial charge in [0.05, 0.1) is 5.69 Å². The molecule has 0 aliphatic rings. The Bertz CT molecular complexity index is 387. The van der Waals surface area contributed by atoms with Crippen molar-refractivity contribution >= 4 is 39.1 Å². The molecular weight excluding hydrogens is 281 g/mol. The fourth-order valence-corrected chi connectivity index (χ4v) is 1.65. The van der Waals surface area contributed by atoms with Crippen LogP contribution < -0.4 is 5.32 Å². The zero-order valence-corrected chi connectivity index (χ0v) is 10.7. The van der Waals surface area contributed by atoms with E-state index in [2.05, 4.69) is 21.2 Å². The Morgan fingerprint density at radius 3 is 2.60 bits per heavy atom. The molecule has 0 aromatic heterocycles. The topological polar surface area (TPSA) is 49.3 Å². The van der Waals surface area contributed by atoms with Crippen molar-refractivity contribution < 1.29 is 9.90 Å². The van der Waals surface area contributed by atoms with Crippen LogP contribution in [0.4, 0.5) is 5.69 Å². The van der Waals surface area contributed by atoms with Crippen LogP contribution in [0, 0.1) is 0 Å². The van der Waals surface area contributed by atoms with Crippen LogP contribution in [-0.4, -0.2) is 16.6 Å². The largest absolute Gasteiger partial charge is 0.381 e. The first kappa shape index (κ1) is 12.5. The molecule has 0 atom stereocenters. The Kier molecular flexibility index (Phi) is 3.76. The second-order valence-electron chi connectivity index (χ2n) is 3.64. The molecule has 1 aromatic rings. The number of rotatable bonds is 2. The quantitative estimate of drug-likeness (QED) is 0.880. The van der Waals surface area contributed by atoms with E-state index in [1.165, 1.54) is 13.8 Å². The van der Waals surface area contributed by atoms with Crippen LogP contribution in [0.25, 0.3) is 0 Å². The fourth-order valence-electron chi connectivity index (χ4n) is 0.866. The third-order valence-corrected chi connectivity index (χ3v) is 2.63. The van der Waals surface area contributed by atoms with E-state index in [4.69, 9.17) is 11.6 Å². The molecule has 0 aliphatic heterocycles. The molecule has 0 unspecified atom stereocenters. The second kappa shape index (κ2) is 4.51. The number of hydrogen-bond donors (Lipinski definition) is 2. The second-order valence-corrected chi connectivity index (χ2v) is 4.93. The van der Waals surface area contributed by atoms with Crippen LogP contribution in [0.5, 0.6) is 0 Å². The van der Waals surface area contributed by atoms with Gasteiger partial charge in [-0.1, -0.05) is 11.6 Å². The molecule has 15 heavy (non-hydrogen) atoms. The molecule has 0 bridgehead atoms. The predicted molar refractivity (Wildman–Crippen MR) is 64.1 cm³/mol. The van der Waals surface area contributed by atoms with Gasteiger partial charge in [0.2, 0.25) is 0 Å². The third-order valence-electron chi connectivity index (χ3n) is 1.74. The molecule has 0 saturated carbocycles. The maximum atomic E-state index is 11.5. The number of anilines is 1. The molecule has 1 aromatic carbocycles. The van der Waals surface area contributed by atoms with Crippen molar-refractivity contribution in [3.05, 3.63) is 27.7 Å². The van der Waals surface area contributed by atoms with E-state index in [0.717, 1.165) is 0 Å². The maximum absolute atomic E-state index is 11.5. The number of carbonyl (C=O) groups is 1. The highest BCUT2D eigenvalue weighted by Crippen LogP contribution is 2.26. The van der Waals surface area contributed by atoms with Crippen molar-refractivity contribution in [2.45, 2.75) is 19.4 Å². The van der Waals surface area contributed by atoms with E-state index in [0.29, 0.717) is 15.2 Å². The van der Waals surface area contributed by atoms with Crippen LogP contribution in [-0.2, 0) is 4.79 Å². The van der Waals surface area contributed by atoms with Gasteiger partial charge in [0.25, 0.3) is 5.91 Å². The summed E-state index contributed by atoms with van der Waals surface area (Å²) in [6.07, 6.45) is 0. The van der Waals surface area contributed by atoms with E-state index in [9.17, 15) is 9.90 Å². The highest BCUT2D eigenvalue weighted by Gasteiger charge is 2.24. The molecule has 1 rings (SSSR count). The molecule has 82 valence electrons. The van der Waals surface area contributed by atoms with E-state index in [1.54, 1.807) is 18.2 Å². The van der Waals surface area contributed by atoms with E-state index < -0.39 is 11.5 Å². The van der Waals surface area contributed by atoms with Crippen molar-refractivity contribution in [3.63, 3.8) is 0 Å². The van der Waals surface area contributed by atoms with E-state index >= 15 is 0 Å². The molecule has 5 heteroatoms. The minimum atomic E-state index is -1.40. The van der Waals surface area contributed by atoms with Crippen molar-refractivity contribution in [3.8, 4) is 0 Å².